The Balaban J connectivity index is 3.64. The van der Waals surface area contributed by atoms with E-state index in [9.17, 15) is 9.59 Å². The highest BCUT2D eigenvalue weighted by molar-refractivity contribution is 5.99. The zero-order valence-corrected chi connectivity index (χ0v) is 21.3. The first-order valence-corrected chi connectivity index (χ1v) is 13.3. The molecule has 0 aliphatic heterocycles. The minimum atomic E-state index is -1.22. The minimum absolute atomic E-state index is 0.389. The summed E-state index contributed by atoms with van der Waals surface area (Å²) < 4.78 is 10.7. The maximum atomic E-state index is 12.3. The molecule has 0 amide bonds. The van der Waals surface area contributed by atoms with Gasteiger partial charge in [0.25, 0.3) is 0 Å². The molecule has 0 aromatic rings. The van der Waals surface area contributed by atoms with Crippen molar-refractivity contribution in [3.05, 3.63) is 0 Å². The lowest BCUT2D eigenvalue weighted by Crippen LogP contribution is -2.37. The zero-order chi connectivity index (χ0) is 23.2. The molecule has 0 aromatic heterocycles. The van der Waals surface area contributed by atoms with Crippen LogP contribution in [0.3, 0.4) is 0 Å². The minimum Gasteiger partial charge on any atom is -0.465 e. The van der Waals surface area contributed by atoms with Crippen molar-refractivity contribution in [1.82, 2.24) is 0 Å². The average Bonchev–Trinajstić information content (AvgIpc) is 2.75. The molecule has 0 atom stereocenters. The van der Waals surface area contributed by atoms with Crippen LogP contribution in [0.25, 0.3) is 0 Å². The topological polar surface area (TPSA) is 52.6 Å². The fraction of sp³-hybridized carbons (Fsp3) is 0.926. The summed E-state index contributed by atoms with van der Waals surface area (Å²) in [6.45, 7) is 8.43. The Morgan fingerprint density at radius 1 is 0.484 bits per heavy atom. The van der Waals surface area contributed by atoms with Crippen LogP contribution < -0.4 is 0 Å². The summed E-state index contributed by atoms with van der Waals surface area (Å²) in [5, 5.41) is 0. The number of rotatable bonds is 22. The molecule has 0 heterocycles. The van der Waals surface area contributed by atoms with Gasteiger partial charge < -0.3 is 9.47 Å². The van der Waals surface area contributed by atoms with E-state index in [2.05, 4.69) is 13.8 Å². The molecule has 184 valence electrons. The molecule has 0 rings (SSSR count). The summed E-state index contributed by atoms with van der Waals surface area (Å²) in [6.07, 6.45) is 22.1. The third-order valence-electron chi connectivity index (χ3n) is 5.98. The lowest BCUT2D eigenvalue weighted by molar-refractivity contribution is -0.169. The van der Waals surface area contributed by atoms with E-state index in [0.29, 0.717) is 13.2 Å². The average molecular weight is 441 g/mol. The maximum Gasteiger partial charge on any atom is 0.322 e. The van der Waals surface area contributed by atoms with Crippen molar-refractivity contribution in [3.63, 3.8) is 0 Å². The highest BCUT2D eigenvalue weighted by Gasteiger charge is 2.39. The first-order valence-electron chi connectivity index (χ1n) is 13.3. The number of ether oxygens (including phenoxy) is 2. The van der Waals surface area contributed by atoms with E-state index >= 15 is 0 Å². The molecule has 0 spiro atoms. The van der Waals surface area contributed by atoms with Gasteiger partial charge in [0.1, 0.15) is 0 Å². The van der Waals surface area contributed by atoms with Crippen molar-refractivity contribution < 1.29 is 19.1 Å². The Morgan fingerprint density at radius 3 is 1.03 bits per heavy atom. The number of carbonyl (C=O) groups excluding carboxylic acids is 2. The number of esters is 2. The second kappa shape index (κ2) is 20.8. The van der Waals surface area contributed by atoms with Crippen molar-refractivity contribution in [1.29, 1.82) is 0 Å². The third-order valence-corrected chi connectivity index (χ3v) is 5.98. The van der Waals surface area contributed by atoms with Crippen LogP contribution in [-0.2, 0) is 19.1 Å². The summed E-state index contributed by atoms with van der Waals surface area (Å²) in [6, 6.07) is 0. The number of hydrogen-bond donors (Lipinski definition) is 0. The van der Waals surface area contributed by atoms with Crippen LogP contribution in [0.2, 0.25) is 0 Å². The van der Waals surface area contributed by atoms with Gasteiger partial charge in [-0.15, -0.1) is 0 Å². The highest BCUT2D eigenvalue weighted by Crippen LogP contribution is 2.20. The van der Waals surface area contributed by atoms with Crippen molar-refractivity contribution in [2.45, 2.75) is 143 Å². The molecule has 0 fully saturated rings. The monoisotopic (exact) mass is 440 g/mol. The van der Waals surface area contributed by atoms with Gasteiger partial charge in [-0.3, -0.25) is 9.59 Å². The van der Waals surface area contributed by atoms with Gasteiger partial charge >= 0.3 is 11.9 Å². The van der Waals surface area contributed by atoms with Gasteiger partial charge in [-0.1, -0.05) is 117 Å². The van der Waals surface area contributed by atoms with Gasteiger partial charge in [-0.05, 0) is 26.7 Å². The molecular weight excluding hydrogens is 388 g/mol. The van der Waals surface area contributed by atoms with Gasteiger partial charge in [0.15, 0.2) is 5.41 Å². The van der Waals surface area contributed by atoms with Crippen LogP contribution in [0, 0.1) is 5.41 Å². The van der Waals surface area contributed by atoms with Crippen LogP contribution in [0.5, 0.6) is 0 Å². The Kier molecular flexibility index (Phi) is 20.1. The van der Waals surface area contributed by atoms with Gasteiger partial charge in [-0.2, -0.15) is 0 Å². The van der Waals surface area contributed by atoms with Gasteiger partial charge in [0.2, 0.25) is 0 Å². The molecule has 4 heteroatoms. The Labute approximate surface area is 193 Å². The molecule has 0 aliphatic carbocycles. The number of hydrogen-bond acceptors (Lipinski definition) is 4. The van der Waals surface area contributed by atoms with Crippen molar-refractivity contribution >= 4 is 11.9 Å². The van der Waals surface area contributed by atoms with E-state index < -0.39 is 17.4 Å². The quantitative estimate of drug-likeness (QED) is 0.0967. The molecule has 0 saturated heterocycles. The summed E-state index contributed by atoms with van der Waals surface area (Å²) in [7, 11) is 0. The number of unbranched alkanes of at least 4 members (excludes halogenated alkanes) is 16. The first kappa shape index (κ1) is 29.9. The highest BCUT2D eigenvalue weighted by atomic mass is 16.6. The Bertz CT molecular complexity index is 431. The van der Waals surface area contributed by atoms with E-state index in [4.69, 9.17) is 9.47 Å². The lowest BCUT2D eigenvalue weighted by Gasteiger charge is -2.20. The van der Waals surface area contributed by atoms with Crippen LogP contribution in [0.1, 0.15) is 143 Å². The molecular formula is C27H52O4. The standard InChI is InChI=1S/C27H52O4/c1-5-7-9-11-13-14-15-16-17-18-20-22-24-31-26(29)27(3,4)25(28)30-23-21-19-12-10-8-6-2/h5-24H2,1-4H3. The Hall–Kier alpha value is -1.06. The predicted octanol–water partition coefficient (Wildman–Crippen LogP) is 8.16. The second-order valence-corrected chi connectivity index (χ2v) is 9.55. The van der Waals surface area contributed by atoms with Crippen molar-refractivity contribution in [3.8, 4) is 0 Å². The van der Waals surface area contributed by atoms with Crippen LogP contribution in [-0.4, -0.2) is 25.2 Å². The van der Waals surface area contributed by atoms with Gasteiger partial charge in [0.05, 0.1) is 13.2 Å². The molecule has 0 aromatic carbocycles. The van der Waals surface area contributed by atoms with E-state index in [1.165, 1.54) is 89.9 Å². The fourth-order valence-corrected chi connectivity index (χ4v) is 3.60. The molecule has 0 unspecified atom stereocenters. The van der Waals surface area contributed by atoms with E-state index in [1.807, 2.05) is 0 Å². The normalized spacial score (nSPS) is 11.5. The largest absolute Gasteiger partial charge is 0.465 e. The molecule has 0 N–H and O–H groups in total. The van der Waals surface area contributed by atoms with Crippen LogP contribution in [0.4, 0.5) is 0 Å². The Morgan fingerprint density at radius 2 is 0.742 bits per heavy atom. The van der Waals surface area contributed by atoms with E-state index in [1.54, 1.807) is 13.8 Å². The van der Waals surface area contributed by atoms with Crippen molar-refractivity contribution in [2.75, 3.05) is 13.2 Å². The summed E-state index contributed by atoms with van der Waals surface area (Å²) >= 11 is 0. The van der Waals surface area contributed by atoms with Crippen LogP contribution >= 0.6 is 0 Å². The summed E-state index contributed by atoms with van der Waals surface area (Å²) in [5.41, 5.74) is -1.22. The van der Waals surface area contributed by atoms with Crippen molar-refractivity contribution in [2.24, 2.45) is 5.41 Å². The van der Waals surface area contributed by atoms with Gasteiger partial charge in [0, 0.05) is 0 Å². The second-order valence-electron chi connectivity index (χ2n) is 9.55. The first-order chi connectivity index (χ1) is 15.0. The van der Waals surface area contributed by atoms with Crippen LogP contribution in [0.15, 0.2) is 0 Å². The summed E-state index contributed by atoms with van der Waals surface area (Å²) in [5.74, 6) is -0.940. The van der Waals surface area contributed by atoms with E-state index in [0.717, 1.165) is 25.7 Å². The zero-order valence-electron chi connectivity index (χ0n) is 21.3. The predicted molar refractivity (Wildman–Crippen MR) is 130 cm³/mol. The summed E-state index contributed by atoms with van der Waals surface area (Å²) in [4.78, 5) is 24.5. The van der Waals surface area contributed by atoms with Gasteiger partial charge in [-0.25, -0.2) is 0 Å². The maximum absolute atomic E-state index is 12.3. The third kappa shape index (κ3) is 17.2. The molecule has 0 saturated carbocycles. The molecule has 0 aliphatic rings. The molecule has 0 bridgehead atoms. The molecule has 4 nitrogen and oxygen atoms in total. The number of carbonyl (C=O) groups is 2. The lowest BCUT2D eigenvalue weighted by atomic mass is 9.94. The SMILES string of the molecule is CCCCCCCCCCCCCCOC(=O)C(C)(C)C(=O)OCCCCCCCC. The smallest absolute Gasteiger partial charge is 0.322 e. The molecule has 0 radical (unpaired) electrons. The molecule has 31 heavy (non-hydrogen) atoms. The van der Waals surface area contributed by atoms with E-state index in [-0.39, 0.29) is 0 Å². The fourth-order valence-electron chi connectivity index (χ4n) is 3.60.